The molecule has 388 valence electrons. The molecule has 4 rings (SSSR count). The van der Waals surface area contributed by atoms with Crippen LogP contribution in [0.25, 0.3) is 6.08 Å². The molecule has 0 radical (unpaired) electrons. The molecular weight excluding hydrogens is 911 g/mol. The van der Waals surface area contributed by atoms with Gasteiger partial charge in [-0.2, -0.15) is 0 Å². The largest absolute Gasteiger partial charge is 0.481 e. The Hall–Kier alpha value is -3.36. The van der Waals surface area contributed by atoms with Crippen LogP contribution < -0.4 is 11.1 Å². The van der Waals surface area contributed by atoms with Crippen LogP contribution in [0.15, 0.2) is 16.6 Å². The Morgan fingerprint density at radius 3 is 1.72 bits per heavy atom. The summed E-state index contributed by atoms with van der Waals surface area (Å²) >= 11 is 1.65. The lowest BCUT2D eigenvalue weighted by Crippen LogP contribution is -2.48. The number of nitrogens with zero attached hydrogens (tertiary/aromatic N) is 3. The van der Waals surface area contributed by atoms with E-state index in [1.165, 1.54) is 9.94 Å². The number of aliphatic carboxylic acids is 1. The van der Waals surface area contributed by atoms with Gasteiger partial charge in [0.2, 0.25) is 0 Å². The predicted molar refractivity (Wildman–Crippen MR) is 252 cm³/mol. The monoisotopic (exact) mass is 988 g/mol. The van der Waals surface area contributed by atoms with Crippen molar-refractivity contribution in [2.45, 2.75) is 58.0 Å². The topological polar surface area (TPSA) is 239 Å². The first-order chi connectivity index (χ1) is 33.3. The molecule has 1 saturated heterocycles. The van der Waals surface area contributed by atoms with Crippen LogP contribution in [0.2, 0.25) is 0 Å². The fraction of sp³-hybridized carbons (Fsp3) is 0.783. The first-order valence-corrected chi connectivity index (χ1v) is 24.9. The van der Waals surface area contributed by atoms with E-state index in [-0.39, 0.29) is 44.6 Å². The molecule has 4 N–H and O–H groups in total. The number of nitrogens with two attached hydrogens (primary N) is 1. The molecule has 1 aliphatic carbocycles. The normalized spacial score (nSPS) is 15.2. The number of thiophene rings is 1. The first kappa shape index (κ1) is 57.2. The van der Waals surface area contributed by atoms with Crippen molar-refractivity contribution in [2.75, 3.05) is 171 Å². The molecule has 22 heteroatoms. The Kier molecular flexibility index (Phi) is 30.8. The van der Waals surface area contributed by atoms with Gasteiger partial charge in [-0.15, -0.1) is 11.3 Å². The van der Waals surface area contributed by atoms with Gasteiger partial charge in [0.25, 0.3) is 5.91 Å². The van der Waals surface area contributed by atoms with Gasteiger partial charge in [0.05, 0.1) is 156 Å². The molecule has 2 amide bonds. The molecule has 3 heterocycles. The number of likely N-dealkylation sites (tertiary alicyclic amines) is 1. The van der Waals surface area contributed by atoms with E-state index in [0.29, 0.717) is 156 Å². The van der Waals surface area contributed by atoms with E-state index in [0.717, 1.165) is 55.9 Å². The predicted octanol–water partition coefficient (Wildman–Crippen LogP) is 3.09. The van der Waals surface area contributed by atoms with E-state index >= 15 is 0 Å². The Morgan fingerprint density at radius 1 is 0.750 bits per heavy atom. The van der Waals surface area contributed by atoms with Gasteiger partial charge in [-0.25, -0.2) is 14.9 Å². The van der Waals surface area contributed by atoms with Gasteiger partial charge in [-0.3, -0.25) is 14.4 Å². The zero-order chi connectivity index (χ0) is 48.3. The summed E-state index contributed by atoms with van der Waals surface area (Å²) in [6.45, 7) is 14.9. The number of carbonyl (C=O) groups is 3. The zero-order valence-corrected chi connectivity index (χ0v) is 40.9. The fourth-order valence-electron chi connectivity index (χ4n) is 6.76. The van der Waals surface area contributed by atoms with Gasteiger partial charge in [-0.05, 0) is 50.2 Å². The highest BCUT2D eigenvalue weighted by molar-refractivity contribution is 7.13. The van der Waals surface area contributed by atoms with Crippen molar-refractivity contribution < 1.29 is 76.4 Å². The van der Waals surface area contributed by atoms with Crippen LogP contribution in [0, 0.1) is 5.92 Å². The number of aliphatic imine (C=N–C) groups is 1. The van der Waals surface area contributed by atoms with Crippen LogP contribution in [-0.2, 0) is 73.0 Å². The average Bonchev–Trinajstić information content (AvgIpc) is 3.58. The smallest absolute Gasteiger partial charge is 0.407 e. The highest BCUT2D eigenvalue weighted by Crippen LogP contribution is 2.37. The third-order valence-electron chi connectivity index (χ3n) is 10.5. The van der Waals surface area contributed by atoms with Crippen molar-refractivity contribution in [3.63, 3.8) is 0 Å². The molecule has 2 fully saturated rings. The van der Waals surface area contributed by atoms with Crippen molar-refractivity contribution in [2.24, 2.45) is 16.6 Å². The maximum absolute atomic E-state index is 13.6. The van der Waals surface area contributed by atoms with Crippen LogP contribution in [0.5, 0.6) is 0 Å². The number of carboxylic acid groups (broad SMARTS) is 1. The van der Waals surface area contributed by atoms with Crippen molar-refractivity contribution in [3.05, 3.63) is 21.4 Å². The Labute approximate surface area is 405 Å². The molecular formula is C46H77N5O16S. The van der Waals surface area contributed by atoms with Gasteiger partial charge in [-0.1, -0.05) is 6.92 Å². The number of hydrogen-bond donors (Lipinski definition) is 3. The molecule has 0 aromatic carbocycles. The van der Waals surface area contributed by atoms with Gasteiger partial charge in [0, 0.05) is 49.6 Å². The molecule has 0 spiro atoms. The minimum atomic E-state index is -0.879. The average molecular weight is 988 g/mol. The Balaban J connectivity index is 0.883. The van der Waals surface area contributed by atoms with E-state index in [4.69, 9.17) is 67.8 Å². The maximum Gasteiger partial charge on any atom is 0.407 e. The van der Waals surface area contributed by atoms with E-state index < -0.39 is 12.1 Å². The van der Waals surface area contributed by atoms with Gasteiger partial charge in [0.1, 0.15) is 11.9 Å². The molecule has 0 bridgehead atoms. The number of hydrogen-bond acceptors (Lipinski definition) is 19. The summed E-state index contributed by atoms with van der Waals surface area (Å²) in [6.07, 6.45) is 6.20. The van der Waals surface area contributed by atoms with Crippen LogP contribution in [0.3, 0.4) is 0 Å². The summed E-state index contributed by atoms with van der Waals surface area (Å²) in [5.41, 5.74) is 7.60. The highest BCUT2D eigenvalue weighted by atomic mass is 32.1. The maximum atomic E-state index is 13.6. The van der Waals surface area contributed by atoms with E-state index in [1.807, 2.05) is 13.0 Å². The third-order valence-corrected chi connectivity index (χ3v) is 11.6. The van der Waals surface area contributed by atoms with E-state index in [1.54, 1.807) is 11.3 Å². The summed E-state index contributed by atoms with van der Waals surface area (Å²) < 4.78 is 60.2. The summed E-state index contributed by atoms with van der Waals surface area (Å²) in [5, 5.41) is 12.6. The lowest BCUT2D eigenvalue weighted by Gasteiger charge is -2.39. The van der Waals surface area contributed by atoms with Gasteiger partial charge < -0.3 is 73.2 Å². The number of hydroxylamine groups is 2. The lowest BCUT2D eigenvalue weighted by atomic mass is 9.95. The number of amides is 2. The van der Waals surface area contributed by atoms with Crippen molar-refractivity contribution in [3.8, 4) is 0 Å². The van der Waals surface area contributed by atoms with Gasteiger partial charge in [0.15, 0.2) is 0 Å². The van der Waals surface area contributed by atoms with E-state index in [9.17, 15) is 14.4 Å². The van der Waals surface area contributed by atoms with E-state index in [2.05, 4.69) is 21.3 Å². The number of rotatable bonds is 43. The molecule has 1 saturated carbocycles. The molecule has 2 aliphatic heterocycles. The molecule has 68 heavy (non-hydrogen) atoms. The summed E-state index contributed by atoms with van der Waals surface area (Å²) in [5.74, 6) is -0.208. The molecule has 0 atom stereocenters. The second kappa shape index (κ2) is 36.6. The SMILES string of the molecule is CCCN(OCCNC(=O)OC1CCC1)C(=O)C1=Cc2sc(CC3CN(CCOCCOCCOCCOCCOCCOCCOCCOCCOCCOCCC(=O)O)C3)cc2N=C(N)C1. The number of carbonyl (C=O) groups excluding carboxylic acids is 2. The number of ether oxygens (including phenoxy) is 11. The van der Waals surface area contributed by atoms with Crippen LogP contribution in [0.1, 0.15) is 55.2 Å². The molecule has 21 nitrogen and oxygen atoms in total. The molecule has 3 aliphatic rings. The molecule has 1 aromatic heterocycles. The second-order valence-corrected chi connectivity index (χ2v) is 17.3. The number of fused-ring (bicyclic) bond motifs is 1. The summed E-state index contributed by atoms with van der Waals surface area (Å²) in [6, 6.07) is 2.09. The quantitative estimate of drug-likeness (QED) is 0.0629. The number of alkyl carbamates (subject to hydrolysis) is 1. The van der Waals surface area contributed by atoms with Crippen molar-refractivity contribution >= 4 is 46.9 Å². The number of nitrogens with one attached hydrogen (secondary N) is 1. The van der Waals surface area contributed by atoms with Gasteiger partial charge >= 0.3 is 12.1 Å². The summed E-state index contributed by atoms with van der Waals surface area (Å²) in [4.78, 5) is 50.9. The summed E-state index contributed by atoms with van der Waals surface area (Å²) in [7, 11) is 0. The minimum Gasteiger partial charge on any atom is -0.481 e. The minimum absolute atomic E-state index is 0.00496. The zero-order valence-electron chi connectivity index (χ0n) is 40.0. The lowest BCUT2D eigenvalue weighted by molar-refractivity contribution is -0.181. The molecule has 1 aromatic rings. The standard InChI is InChI=1S/C46H77N5O16S/c1-2-8-51(66-11-7-48-46(55)67-39-4-3-5-39)45(54)38-32-42-41(49-43(47)33-38)34-40(68-42)31-37-35-50(36-37)9-12-57-14-16-59-18-20-61-22-24-63-26-28-65-30-29-64-27-25-62-23-21-60-19-17-58-15-13-56-10-6-44(52)53/h32,34,37,39H,2-31,33,35-36H2,1H3,(H2,47,49)(H,48,55)(H,52,53). The second-order valence-electron chi connectivity index (χ2n) is 16.1. The number of carboxylic acids is 1. The highest BCUT2D eigenvalue weighted by Gasteiger charge is 2.28. The third kappa shape index (κ3) is 26.0. The van der Waals surface area contributed by atoms with Crippen LogP contribution in [-0.4, -0.2) is 216 Å². The van der Waals surface area contributed by atoms with Crippen LogP contribution in [0.4, 0.5) is 10.5 Å². The fourth-order valence-corrected chi connectivity index (χ4v) is 7.94. The van der Waals surface area contributed by atoms with Crippen molar-refractivity contribution in [1.29, 1.82) is 0 Å². The van der Waals surface area contributed by atoms with Crippen LogP contribution >= 0.6 is 11.3 Å². The Bertz CT molecular complexity index is 1590. The Morgan fingerprint density at radius 2 is 1.25 bits per heavy atom. The number of amidine groups is 1. The molecule has 0 unspecified atom stereocenters. The van der Waals surface area contributed by atoms with Crippen molar-refractivity contribution in [1.82, 2.24) is 15.3 Å². The first-order valence-electron chi connectivity index (χ1n) is 24.1.